The summed E-state index contributed by atoms with van der Waals surface area (Å²) in [7, 11) is 1.90. The van der Waals surface area contributed by atoms with Gasteiger partial charge in [0.05, 0.1) is 5.52 Å². The Labute approximate surface area is 158 Å². The van der Waals surface area contributed by atoms with Crippen molar-refractivity contribution < 1.29 is 0 Å². The number of thiazole rings is 1. The normalized spacial score (nSPS) is 15.1. The van der Waals surface area contributed by atoms with Gasteiger partial charge in [0.25, 0.3) is 5.56 Å². The van der Waals surface area contributed by atoms with E-state index < -0.39 is 0 Å². The first kappa shape index (κ1) is 16.4. The summed E-state index contributed by atoms with van der Waals surface area (Å²) in [5.74, 6) is 0.567. The Kier molecular flexibility index (Phi) is 3.73. The number of nitrogens with one attached hydrogen (secondary N) is 2. The number of fused-ring (bicyclic) bond motifs is 2. The molecule has 0 bridgehead atoms. The number of benzene rings is 1. The summed E-state index contributed by atoms with van der Waals surface area (Å²) < 4.78 is 1.80. The Morgan fingerprint density at radius 1 is 1.15 bits per heavy atom. The van der Waals surface area contributed by atoms with Gasteiger partial charge in [-0.15, -0.1) is 0 Å². The van der Waals surface area contributed by atoms with Crippen LogP contribution in [0.3, 0.4) is 0 Å². The number of aryl methyl sites for hydroxylation is 2. The fourth-order valence-electron chi connectivity index (χ4n) is 3.52. The summed E-state index contributed by atoms with van der Waals surface area (Å²) in [6.45, 7) is 5.65. The number of aromatic amines is 1. The Bertz CT molecular complexity index is 1220. The van der Waals surface area contributed by atoms with Gasteiger partial charge in [0.2, 0.25) is 0 Å². The number of hydrogen-bond donors (Lipinski definition) is 2. The molecule has 138 valence electrons. The molecule has 2 N–H and O–H groups in total. The van der Waals surface area contributed by atoms with Crippen LogP contribution in [-0.4, -0.2) is 50.9 Å². The molecule has 0 spiro atoms. The molecular weight excluding hydrogens is 362 g/mol. The fraction of sp³-hybridized carbons (Fsp3) is 0.333. The molecule has 5 rings (SSSR count). The predicted molar refractivity (Wildman–Crippen MR) is 108 cm³/mol. The number of rotatable bonds is 2. The lowest BCUT2D eigenvalue weighted by Gasteiger charge is -2.26. The molecule has 1 aliphatic rings. The molecule has 1 aliphatic heterocycles. The van der Waals surface area contributed by atoms with Gasteiger partial charge in [0, 0.05) is 50.4 Å². The van der Waals surface area contributed by atoms with Crippen molar-refractivity contribution in [3.05, 3.63) is 34.2 Å². The summed E-state index contributed by atoms with van der Waals surface area (Å²) in [5.41, 5.74) is 3.11. The first-order chi connectivity index (χ1) is 13.1. The average molecular weight is 381 g/mol. The Hall–Kier alpha value is -2.78. The first-order valence-electron chi connectivity index (χ1n) is 8.89. The molecule has 0 radical (unpaired) electrons. The van der Waals surface area contributed by atoms with Crippen LogP contribution in [0.4, 0.5) is 5.13 Å². The predicted octanol–water partition coefficient (Wildman–Crippen LogP) is 1.65. The quantitative estimate of drug-likeness (QED) is 0.549. The van der Waals surface area contributed by atoms with Crippen molar-refractivity contribution in [2.45, 2.75) is 6.92 Å². The van der Waals surface area contributed by atoms with Crippen LogP contribution in [0.5, 0.6) is 0 Å². The molecule has 27 heavy (non-hydrogen) atoms. The van der Waals surface area contributed by atoms with Gasteiger partial charge < -0.3 is 15.2 Å². The lowest BCUT2D eigenvalue weighted by Crippen LogP contribution is -2.43. The van der Waals surface area contributed by atoms with Crippen molar-refractivity contribution in [1.82, 2.24) is 30.0 Å². The molecule has 1 aromatic carbocycles. The van der Waals surface area contributed by atoms with Crippen LogP contribution in [0.15, 0.2) is 23.1 Å². The molecule has 0 unspecified atom stereocenters. The van der Waals surface area contributed by atoms with E-state index in [9.17, 15) is 4.79 Å². The molecule has 0 atom stereocenters. The van der Waals surface area contributed by atoms with Crippen LogP contribution in [0, 0.1) is 6.92 Å². The minimum absolute atomic E-state index is 0.198. The third kappa shape index (κ3) is 2.79. The molecule has 0 aliphatic carbocycles. The van der Waals surface area contributed by atoms with E-state index in [1.807, 2.05) is 32.3 Å². The highest BCUT2D eigenvalue weighted by molar-refractivity contribution is 7.21. The van der Waals surface area contributed by atoms with E-state index in [4.69, 9.17) is 4.98 Å². The molecule has 0 amide bonds. The molecule has 3 aromatic heterocycles. The van der Waals surface area contributed by atoms with Gasteiger partial charge in [0.15, 0.2) is 15.5 Å². The highest BCUT2D eigenvalue weighted by atomic mass is 32.1. The third-order valence-electron chi connectivity index (χ3n) is 4.83. The summed E-state index contributed by atoms with van der Waals surface area (Å²) in [4.78, 5) is 27.6. The van der Waals surface area contributed by atoms with Crippen LogP contribution < -0.4 is 15.8 Å². The minimum Gasteiger partial charge on any atom is -0.345 e. The van der Waals surface area contributed by atoms with Gasteiger partial charge in [-0.25, -0.2) is 9.97 Å². The summed E-state index contributed by atoms with van der Waals surface area (Å²) in [5, 5.41) is 9.69. The zero-order chi connectivity index (χ0) is 18.5. The monoisotopic (exact) mass is 381 g/mol. The van der Waals surface area contributed by atoms with E-state index in [-0.39, 0.29) is 5.56 Å². The van der Waals surface area contributed by atoms with Crippen molar-refractivity contribution in [3.8, 4) is 11.4 Å². The van der Waals surface area contributed by atoms with Gasteiger partial charge >= 0.3 is 0 Å². The maximum Gasteiger partial charge on any atom is 0.278 e. The molecule has 1 saturated heterocycles. The van der Waals surface area contributed by atoms with Crippen LogP contribution in [0.2, 0.25) is 0 Å². The maximum atomic E-state index is 12.6. The Balaban J connectivity index is 1.62. The van der Waals surface area contributed by atoms with E-state index in [0.29, 0.717) is 16.2 Å². The standard InChI is InChI=1S/C18H19N7OS/c1-10-7-11(8-12-9-24(2)23-13(10)12)15-21-16(26)14-17(22-15)27-18(20-14)25-5-3-19-4-6-25/h7-9,19H,3-6H2,1-2H3,(H,21,22,26). The number of aromatic nitrogens is 5. The second-order valence-electron chi connectivity index (χ2n) is 6.84. The molecule has 4 aromatic rings. The van der Waals surface area contributed by atoms with Crippen molar-refractivity contribution in [1.29, 1.82) is 0 Å². The second-order valence-corrected chi connectivity index (χ2v) is 7.79. The first-order valence-corrected chi connectivity index (χ1v) is 9.71. The van der Waals surface area contributed by atoms with Gasteiger partial charge in [-0.2, -0.15) is 5.10 Å². The number of anilines is 1. The van der Waals surface area contributed by atoms with E-state index in [1.165, 1.54) is 11.3 Å². The van der Waals surface area contributed by atoms with Crippen LogP contribution in [0.1, 0.15) is 5.56 Å². The van der Waals surface area contributed by atoms with Gasteiger partial charge in [-0.1, -0.05) is 11.3 Å². The lowest BCUT2D eigenvalue weighted by atomic mass is 10.1. The topological polar surface area (TPSA) is 91.7 Å². The Morgan fingerprint density at radius 2 is 1.96 bits per heavy atom. The van der Waals surface area contributed by atoms with Crippen molar-refractivity contribution in [3.63, 3.8) is 0 Å². The van der Waals surface area contributed by atoms with Crippen LogP contribution in [-0.2, 0) is 7.05 Å². The highest BCUT2D eigenvalue weighted by Gasteiger charge is 2.18. The summed E-state index contributed by atoms with van der Waals surface area (Å²) in [6, 6.07) is 4.02. The smallest absolute Gasteiger partial charge is 0.278 e. The maximum absolute atomic E-state index is 12.6. The lowest BCUT2D eigenvalue weighted by molar-refractivity contribution is 0.588. The second kappa shape index (κ2) is 6.14. The Morgan fingerprint density at radius 3 is 2.78 bits per heavy atom. The average Bonchev–Trinajstić information content (AvgIpc) is 3.26. The van der Waals surface area contributed by atoms with Crippen LogP contribution in [0.25, 0.3) is 32.6 Å². The van der Waals surface area contributed by atoms with E-state index in [2.05, 4.69) is 25.3 Å². The van der Waals surface area contributed by atoms with Gasteiger partial charge in [-0.05, 0) is 24.6 Å². The van der Waals surface area contributed by atoms with E-state index >= 15 is 0 Å². The molecule has 1 fully saturated rings. The van der Waals surface area contributed by atoms with E-state index in [0.717, 1.165) is 53.3 Å². The van der Waals surface area contributed by atoms with Crippen molar-refractivity contribution >= 4 is 37.7 Å². The minimum atomic E-state index is -0.198. The zero-order valence-corrected chi connectivity index (χ0v) is 15.9. The van der Waals surface area contributed by atoms with Crippen molar-refractivity contribution in [2.24, 2.45) is 7.05 Å². The van der Waals surface area contributed by atoms with Gasteiger partial charge in [0.1, 0.15) is 5.82 Å². The summed E-state index contributed by atoms with van der Waals surface area (Å²) >= 11 is 1.48. The molecule has 4 heterocycles. The third-order valence-corrected chi connectivity index (χ3v) is 5.84. The molecular formula is C18H19N7OS. The number of piperazine rings is 1. The van der Waals surface area contributed by atoms with Gasteiger partial charge in [-0.3, -0.25) is 9.48 Å². The molecule has 8 nitrogen and oxygen atoms in total. The van der Waals surface area contributed by atoms with Crippen molar-refractivity contribution in [2.75, 3.05) is 31.1 Å². The largest absolute Gasteiger partial charge is 0.345 e. The number of H-pyrrole nitrogens is 1. The fourth-order valence-corrected chi connectivity index (χ4v) is 4.51. The number of hydrogen-bond acceptors (Lipinski definition) is 7. The molecule has 0 saturated carbocycles. The molecule has 9 heteroatoms. The number of nitrogens with zero attached hydrogens (tertiary/aromatic N) is 5. The van der Waals surface area contributed by atoms with E-state index in [1.54, 1.807) is 4.68 Å². The SMILES string of the molecule is Cc1cc(-c2nc3sc(N4CCNCC4)nc3c(=O)[nH]2)cc2cn(C)nc12. The zero-order valence-electron chi connectivity index (χ0n) is 15.1. The summed E-state index contributed by atoms with van der Waals surface area (Å²) in [6.07, 6.45) is 1.97. The van der Waals surface area contributed by atoms with Crippen LogP contribution >= 0.6 is 11.3 Å². The highest BCUT2D eigenvalue weighted by Crippen LogP contribution is 2.29.